The number of likely N-dealkylation sites (N-methyl/N-ethyl adjacent to an activating group) is 1. The number of hydrogen-bond acceptors (Lipinski definition) is 4. The maximum absolute atomic E-state index is 12.5. The minimum absolute atomic E-state index is 0.175. The Morgan fingerprint density at radius 2 is 1.87 bits per heavy atom. The molecule has 1 aromatic rings. The number of likely N-dealkylation sites (tertiary alicyclic amines) is 1. The summed E-state index contributed by atoms with van der Waals surface area (Å²) in [6.45, 7) is 6.23. The van der Waals surface area contributed by atoms with Crippen LogP contribution in [0.1, 0.15) is 18.4 Å². The van der Waals surface area contributed by atoms with Crippen molar-refractivity contribution in [3.8, 4) is 0 Å². The average molecular weight is 317 g/mol. The summed E-state index contributed by atoms with van der Waals surface area (Å²) in [7, 11) is 2.13. The lowest BCUT2D eigenvalue weighted by molar-refractivity contribution is 0.0395. The van der Waals surface area contributed by atoms with Gasteiger partial charge in [0.05, 0.1) is 6.04 Å². The Hall–Kier alpha value is -1.59. The van der Waals surface area contributed by atoms with Crippen LogP contribution in [-0.4, -0.2) is 73.2 Å². The van der Waals surface area contributed by atoms with E-state index in [-0.39, 0.29) is 12.1 Å². The SMILES string of the molecule is CN1CCN(C(=O)OCc2ccccc2)[C@@H](CN2CCCC2)C1. The molecule has 0 spiro atoms. The first-order chi connectivity index (χ1) is 11.2. The molecule has 2 aliphatic heterocycles. The zero-order valence-electron chi connectivity index (χ0n) is 14.0. The van der Waals surface area contributed by atoms with E-state index in [1.807, 2.05) is 35.2 Å². The van der Waals surface area contributed by atoms with Crippen molar-refractivity contribution in [3.05, 3.63) is 35.9 Å². The minimum atomic E-state index is -0.175. The molecule has 0 N–H and O–H groups in total. The lowest BCUT2D eigenvalue weighted by Crippen LogP contribution is -2.57. The quantitative estimate of drug-likeness (QED) is 0.851. The van der Waals surface area contributed by atoms with E-state index < -0.39 is 0 Å². The molecule has 126 valence electrons. The van der Waals surface area contributed by atoms with E-state index in [4.69, 9.17) is 4.74 Å². The summed E-state index contributed by atoms with van der Waals surface area (Å²) in [5, 5.41) is 0. The topological polar surface area (TPSA) is 36.0 Å². The third kappa shape index (κ3) is 4.45. The molecule has 1 aromatic carbocycles. The maximum atomic E-state index is 12.5. The third-order valence-electron chi connectivity index (χ3n) is 4.79. The zero-order valence-corrected chi connectivity index (χ0v) is 14.0. The van der Waals surface area contributed by atoms with Gasteiger partial charge in [0.25, 0.3) is 0 Å². The first kappa shape index (κ1) is 16.3. The second kappa shape index (κ2) is 7.79. The number of rotatable bonds is 4. The van der Waals surface area contributed by atoms with Gasteiger partial charge < -0.3 is 19.4 Å². The number of amides is 1. The van der Waals surface area contributed by atoms with Crippen LogP contribution in [0.25, 0.3) is 0 Å². The zero-order chi connectivity index (χ0) is 16.1. The normalized spacial score (nSPS) is 23.2. The van der Waals surface area contributed by atoms with Crippen LogP contribution >= 0.6 is 0 Å². The van der Waals surface area contributed by atoms with Gasteiger partial charge in [0.15, 0.2) is 0 Å². The van der Waals surface area contributed by atoms with Gasteiger partial charge >= 0.3 is 6.09 Å². The number of carbonyl (C=O) groups excluding carboxylic acids is 1. The Balaban J connectivity index is 1.57. The van der Waals surface area contributed by atoms with E-state index in [1.165, 1.54) is 12.8 Å². The molecule has 2 heterocycles. The highest BCUT2D eigenvalue weighted by Crippen LogP contribution is 2.16. The molecular weight excluding hydrogens is 290 g/mol. The highest BCUT2D eigenvalue weighted by atomic mass is 16.6. The second-order valence-corrected chi connectivity index (χ2v) is 6.66. The van der Waals surface area contributed by atoms with Crippen molar-refractivity contribution in [1.29, 1.82) is 0 Å². The fraction of sp³-hybridized carbons (Fsp3) is 0.611. The van der Waals surface area contributed by atoms with Gasteiger partial charge in [0.2, 0.25) is 0 Å². The maximum Gasteiger partial charge on any atom is 0.410 e. The molecule has 5 nitrogen and oxygen atoms in total. The summed E-state index contributed by atoms with van der Waals surface area (Å²) in [5.41, 5.74) is 1.03. The van der Waals surface area contributed by atoms with Crippen molar-refractivity contribution >= 4 is 6.09 Å². The molecule has 3 rings (SSSR count). The largest absolute Gasteiger partial charge is 0.445 e. The van der Waals surface area contributed by atoms with E-state index in [0.29, 0.717) is 6.61 Å². The molecule has 1 amide bonds. The minimum Gasteiger partial charge on any atom is -0.445 e. The summed E-state index contributed by atoms with van der Waals surface area (Å²) in [6.07, 6.45) is 2.38. The van der Waals surface area contributed by atoms with Crippen LogP contribution in [0.2, 0.25) is 0 Å². The first-order valence-electron chi connectivity index (χ1n) is 8.60. The Morgan fingerprint density at radius 3 is 2.61 bits per heavy atom. The molecule has 0 bridgehead atoms. The fourth-order valence-electron chi connectivity index (χ4n) is 3.47. The van der Waals surface area contributed by atoms with E-state index in [9.17, 15) is 4.79 Å². The van der Waals surface area contributed by atoms with Crippen molar-refractivity contribution < 1.29 is 9.53 Å². The molecular formula is C18H27N3O2. The average Bonchev–Trinajstić information content (AvgIpc) is 3.07. The van der Waals surface area contributed by atoms with Gasteiger partial charge in [-0.05, 0) is 38.5 Å². The van der Waals surface area contributed by atoms with Crippen LogP contribution in [0.4, 0.5) is 4.79 Å². The molecule has 0 saturated carbocycles. The van der Waals surface area contributed by atoms with Crippen molar-refractivity contribution in [1.82, 2.24) is 14.7 Å². The molecule has 0 aromatic heterocycles. The van der Waals surface area contributed by atoms with Gasteiger partial charge in [0, 0.05) is 26.2 Å². The molecule has 0 radical (unpaired) electrons. The smallest absolute Gasteiger partial charge is 0.410 e. The summed E-state index contributed by atoms with van der Waals surface area (Å²) in [6, 6.07) is 10.1. The first-order valence-corrected chi connectivity index (χ1v) is 8.60. The number of nitrogens with zero attached hydrogens (tertiary/aromatic N) is 3. The van der Waals surface area contributed by atoms with Crippen LogP contribution < -0.4 is 0 Å². The Bertz CT molecular complexity index is 502. The predicted molar refractivity (Wildman–Crippen MR) is 90.3 cm³/mol. The number of benzene rings is 1. The monoisotopic (exact) mass is 317 g/mol. The number of hydrogen-bond donors (Lipinski definition) is 0. The number of carbonyl (C=O) groups is 1. The van der Waals surface area contributed by atoms with E-state index in [1.54, 1.807) is 0 Å². The third-order valence-corrected chi connectivity index (χ3v) is 4.79. The van der Waals surface area contributed by atoms with E-state index >= 15 is 0 Å². The molecule has 5 heteroatoms. The summed E-state index contributed by atoms with van der Waals surface area (Å²) < 4.78 is 5.55. The Labute approximate surface area is 138 Å². The van der Waals surface area contributed by atoms with Crippen LogP contribution in [0.5, 0.6) is 0 Å². The fourth-order valence-corrected chi connectivity index (χ4v) is 3.47. The number of piperazine rings is 1. The molecule has 2 fully saturated rings. The van der Waals surface area contributed by atoms with Crippen molar-refractivity contribution in [2.75, 3.05) is 46.3 Å². The van der Waals surface area contributed by atoms with Gasteiger partial charge in [-0.1, -0.05) is 30.3 Å². The van der Waals surface area contributed by atoms with Gasteiger partial charge in [-0.3, -0.25) is 0 Å². The van der Waals surface area contributed by atoms with Gasteiger partial charge in [-0.2, -0.15) is 0 Å². The van der Waals surface area contributed by atoms with E-state index in [2.05, 4.69) is 16.8 Å². The highest BCUT2D eigenvalue weighted by Gasteiger charge is 2.32. The standard InChI is InChI=1S/C18H27N3O2/c1-19-11-12-21(17(13-19)14-20-9-5-6-10-20)18(22)23-15-16-7-3-2-4-8-16/h2-4,7-8,17H,5-6,9-15H2,1H3/t17-/m1/s1. The van der Waals surface area contributed by atoms with Crippen molar-refractivity contribution in [2.45, 2.75) is 25.5 Å². The van der Waals surface area contributed by atoms with Crippen molar-refractivity contribution in [3.63, 3.8) is 0 Å². The van der Waals surface area contributed by atoms with Crippen LogP contribution in [-0.2, 0) is 11.3 Å². The van der Waals surface area contributed by atoms with E-state index in [0.717, 1.165) is 44.8 Å². The number of ether oxygens (including phenoxy) is 1. The summed E-state index contributed by atoms with van der Waals surface area (Å²) >= 11 is 0. The van der Waals surface area contributed by atoms with Gasteiger partial charge in [-0.25, -0.2) is 4.79 Å². The van der Waals surface area contributed by atoms with Gasteiger partial charge in [0.1, 0.15) is 6.61 Å². The molecule has 0 unspecified atom stereocenters. The lowest BCUT2D eigenvalue weighted by Gasteiger charge is -2.40. The van der Waals surface area contributed by atoms with Crippen LogP contribution in [0.3, 0.4) is 0 Å². The molecule has 1 atom stereocenters. The van der Waals surface area contributed by atoms with Gasteiger partial charge in [-0.15, -0.1) is 0 Å². The van der Waals surface area contributed by atoms with Crippen molar-refractivity contribution in [2.24, 2.45) is 0 Å². The highest BCUT2D eigenvalue weighted by molar-refractivity contribution is 5.68. The summed E-state index contributed by atoms with van der Waals surface area (Å²) in [5.74, 6) is 0. The molecule has 2 aliphatic rings. The molecule has 23 heavy (non-hydrogen) atoms. The Kier molecular flexibility index (Phi) is 5.51. The summed E-state index contributed by atoms with van der Waals surface area (Å²) in [4.78, 5) is 19.2. The Morgan fingerprint density at radius 1 is 1.13 bits per heavy atom. The predicted octanol–water partition coefficient (Wildman–Crippen LogP) is 2.04. The van der Waals surface area contributed by atoms with Crippen LogP contribution in [0, 0.1) is 0 Å². The molecule has 0 aliphatic carbocycles. The van der Waals surface area contributed by atoms with Crippen LogP contribution in [0.15, 0.2) is 30.3 Å². The molecule has 2 saturated heterocycles. The second-order valence-electron chi connectivity index (χ2n) is 6.66. The lowest BCUT2D eigenvalue weighted by atomic mass is 10.1.